The van der Waals surface area contributed by atoms with Crippen LogP contribution in [-0.2, 0) is 11.2 Å². The molecule has 0 unspecified atom stereocenters. The molecule has 0 aromatic heterocycles. The normalized spacial score (nSPS) is 15.3. The van der Waals surface area contributed by atoms with E-state index >= 15 is 0 Å². The summed E-state index contributed by atoms with van der Waals surface area (Å²) in [4.78, 5) is 0. The fraction of sp³-hybridized carbons (Fsp3) is 0.250. The third-order valence-corrected chi connectivity index (χ3v) is 2.43. The van der Waals surface area contributed by atoms with E-state index in [-0.39, 0.29) is 0 Å². The van der Waals surface area contributed by atoms with Crippen molar-refractivity contribution in [1.29, 1.82) is 0 Å². The van der Waals surface area contributed by atoms with E-state index in [1.807, 2.05) is 18.2 Å². The molecule has 0 amide bonds. The van der Waals surface area contributed by atoms with Crippen molar-refractivity contribution < 1.29 is 9.47 Å². The predicted molar refractivity (Wildman–Crippen MR) is 56.0 cm³/mol. The highest BCUT2D eigenvalue weighted by molar-refractivity contribution is 5.61. The summed E-state index contributed by atoms with van der Waals surface area (Å²) >= 11 is 0. The van der Waals surface area contributed by atoms with Gasteiger partial charge in [-0.1, -0.05) is 12.1 Å². The number of hydrogen-bond acceptors (Lipinski definition) is 2. The van der Waals surface area contributed by atoms with Gasteiger partial charge in [-0.25, -0.2) is 0 Å². The molecule has 0 saturated carbocycles. The van der Waals surface area contributed by atoms with Gasteiger partial charge in [0.15, 0.2) is 0 Å². The summed E-state index contributed by atoms with van der Waals surface area (Å²) in [5.74, 6) is 0.897. The monoisotopic (exact) mass is 189 g/mol. The maximum Gasteiger partial charge on any atom is 0.123 e. The van der Waals surface area contributed by atoms with E-state index in [4.69, 9.17) is 9.47 Å². The Balaban J connectivity index is 2.31. The summed E-state index contributed by atoms with van der Waals surface area (Å²) in [6.45, 7) is 0. The molecule has 2 rings (SSSR count). The third kappa shape index (κ3) is 1.66. The minimum Gasteiger partial charge on any atom is -0.497 e. The first-order valence-electron chi connectivity index (χ1n) is 4.58. The summed E-state index contributed by atoms with van der Waals surface area (Å²) < 4.78 is 10.4. The first-order chi connectivity index (χ1) is 6.83. The highest BCUT2D eigenvalue weighted by atomic mass is 16.5. The second-order valence-electron chi connectivity index (χ2n) is 3.25. The third-order valence-electron chi connectivity index (χ3n) is 2.43. The summed E-state index contributed by atoms with van der Waals surface area (Å²) in [5.41, 5.74) is 2.50. The van der Waals surface area contributed by atoms with Crippen LogP contribution in [0.2, 0.25) is 0 Å². The maximum absolute atomic E-state index is 5.20. The fourth-order valence-electron chi connectivity index (χ4n) is 1.59. The van der Waals surface area contributed by atoms with Crippen molar-refractivity contribution in [2.45, 2.75) is 6.42 Å². The van der Waals surface area contributed by atoms with Gasteiger partial charge >= 0.3 is 0 Å². The predicted octanol–water partition coefficient (Wildman–Crippen LogP) is 2.44. The Hall–Kier alpha value is -1.28. The van der Waals surface area contributed by atoms with Gasteiger partial charge in [-0.15, -0.1) is 0 Å². The van der Waals surface area contributed by atoms with Crippen LogP contribution in [0.3, 0.4) is 0 Å². The van der Waals surface area contributed by atoms with Crippen LogP contribution in [0.1, 0.15) is 11.1 Å². The first-order valence-corrected chi connectivity index (χ1v) is 4.58. The Kier molecular flexibility index (Phi) is 2.55. The van der Waals surface area contributed by atoms with Crippen LogP contribution in [0.4, 0.5) is 0 Å². The molecule has 1 aromatic carbocycles. The minimum atomic E-state index is 0.867. The SMILES string of the molecule is CO[C]1C=Cc2cc(OC)ccc2C1. The highest BCUT2D eigenvalue weighted by Crippen LogP contribution is 2.27. The number of benzene rings is 1. The van der Waals surface area contributed by atoms with Gasteiger partial charge in [0.05, 0.1) is 7.11 Å². The zero-order valence-corrected chi connectivity index (χ0v) is 8.41. The molecule has 1 aliphatic carbocycles. The van der Waals surface area contributed by atoms with E-state index in [9.17, 15) is 0 Å². The van der Waals surface area contributed by atoms with Crippen molar-refractivity contribution in [3.05, 3.63) is 41.5 Å². The van der Waals surface area contributed by atoms with Gasteiger partial charge in [-0.3, -0.25) is 0 Å². The van der Waals surface area contributed by atoms with Crippen LogP contribution >= 0.6 is 0 Å². The van der Waals surface area contributed by atoms with Crippen LogP contribution < -0.4 is 4.74 Å². The van der Waals surface area contributed by atoms with Crippen LogP contribution in [0.25, 0.3) is 6.08 Å². The van der Waals surface area contributed by atoms with Crippen LogP contribution in [-0.4, -0.2) is 14.2 Å². The van der Waals surface area contributed by atoms with E-state index in [0.29, 0.717) is 0 Å². The van der Waals surface area contributed by atoms with Crippen LogP contribution in [0.5, 0.6) is 5.75 Å². The summed E-state index contributed by atoms with van der Waals surface area (Å²) in [5, 5.41) is 0. The molecule has 0 heterocycles. The number of methoxy groups -OCH3 is 2. The van der Waals surface area contributed by atoms with Crippen molar-refractivity contribution >= 4 is 6.08 Å². The highest BCUT2D eigenvalue weighted by Gasteiger charge is 2.14. The van der Waals surface area contributed by atoms with Gasteiger partial charge < -0.3 is 9.47 Å². The van der Waals surface area contributed by atoms with Crippen molar-refractivity contribution in [3.8, 4) is 5.75 Å². The molecule has 0 fully saturated rings. The summed E-state index contributed by atoms with van der Waals surface area (Å²) in [6.07, 6.45) is 5.93. The van der Waals surface area contributed by atoms with E-state index < -0.39 is 0 Å². The Morgan fingerprint density at radius 3 is 2.64 bits per heavy atom. The molecule has 0 spiro atoms. The standard InChI is InChI=1S/C12H13O2/c1-13-11-5-3-10-8-12(14-2)6-4-9(10)7-11/h3-7H,8H2,1-2H3. The molecule has 0 N–H and O–H groups in total. The topological polar surface area (TPSA) is 18.5 Å². The molecule has 1 aliphatic rings. The zero-order valence-electron chi connectivity index (χ0n) is 8.41. The molecular weight excluding hydrogens is 176 g/mol. The lowest BCUT2D eigenvalue weighted by Crippen LogP contribution is -2.06. The summed E-state index contributed by atoms with van der Waals surface area (Å²) in [7, 11) is 3.38. The van der Waals surface area contributed by atoms with Gasteiger partial charge in [-0.05, 0) is 29.3 Å². The number of ether oxygens (including phenoxy) is 2. The Morgan fingerprint density at radius 1 is 1.07 bits per heavy atom. The molecule has 14 heavy (non-hydrogen) atoms. The number of fused-ring (bicyclic) bond motifs is 1. The van der Waals surface area contributed by atoms with Gasteiger partial charge in [0.1, 0.15) is 11.9 Å². The van der Waals surface area contributed by atoms with E-state index in [1.165, 1.54) is 11.1 Å². The average Bonchev–Trinajstić information content (AvgIpc) is 2.27. The van der Waals surface area contributed by atoms with Crippen molar-refractivity contribution in [2.24, 2.45) is 0 Å². The molecule has 0 aliphatic heterocycles. The largest absolute Gasteiger partial charge is 0.497 e. The molecule has 73 valence electrons. The molecule has 0 bridgehead atoms. The van der Waals surface area contributed by atoms with Gasteiger partial charge in [0, 0.05) is 13.5 Å². The Labute approximate surface area is 84.2 Å². The van der Waals surface area contributed by atoms with E-state index in [2.05, 4.69) is 12.1 Å². The van der Waals surface area contributed by atoms with E-state index in [0.717, 1.165) is 18.3 Å². The molecule has 1 radical (unpaired) electrons. The average molecular weight is 189 g/mol. The Bertz CT molecular complexity index is 355. The molecule has 0 atom stereocenters. The smallest absolute Gasteiger partial charge is 0.123 e. The number of hydrogen-bond donors (Lipinski definition) is 0. The molecule has 0 saturated heterocycles. The minimum absolute atomic E-state index is 0.867. The Morgan fingerprint density at radius 2 is 1.93 bits per heavy atom. The van der Waals surface area contributed by atoms with Gasteiger partial charge in [0.25, 0.3) is 0 Å². The maximum atomic E-state index is 5.20. The molecule has 1 aromatic rings. The molecule has 2 heteroatoms. The molecule has 2 nitrogen and oxygen atoms in total. The van der Waals surface area contributed by atoms with Crippen molar-refractivity contribution in [1.82, 2.24) is 0 Å². The lowest BCUT2D eigenvalue weighted by atomic mass is 9.95. The second-order valence-corrected chi connectivity index (χ2v) is 3.25. The van der Waals surface area contributed by atoms with Gasteiger partial charge in [0.2, 0.25) is 0 Å². The van der Waals surface area contributed by atoms with E-state index in [1.54, 1.807) is 14.2 Å². The number of rotatable bonds is 2. The lowest BCUT2D eigenvalue weighted by molar-refractivity contribution is 0.228. The first kappa shape index (κ1) is 9.28. The van der Waals surface area contributed by atoms with Crippen molar-refractivity contribution in [2.75, 3.05) is 14.2 Å². The van der Waals surface area contributed by atoms with Gasteiger partial charge in [-0.2, -0.15) is 0 Å². The van der Waals surface area contributed by atoms with Crippen molar-refractivity contribution in [3.63, 3.8) is 0 Å². The van der Waals surface area contributed by atoms with Crippen LogP contribution in [0, 0.1) is 6.10 Å². The fourth-order valence-corrected chi connectivity index (χ4v) is 1.59. The lowest BCUT2D eigenvalue weighted by Gasteiger charge is -2.17. The molecular formula is C12H13O2. The summed E-state index contributed by atoms with van der Waals surface area (Å²) in [6, 6.07) is 6.10. The zero-order chi connectivity index (χ0) is 9.97. The second kappa shape index (κ2) is 3.84. The quantitative estimate of drug-likeness (QED) is 0.711. The van der Waals surface area contributed by atoms with Crippen LogP contribution in [0.15, 0.2) is 24.3 Å².